The molecule has 2 atom stereocenters. The Morgan fingerprint density at radius 3 is 2.90 bits per heavy atom. The molecule has 1 aromatic heterocycles. The van der Waals surface area contributed by atoms with E-state index in [9.17, 15) is 4.79 Å². The Morgan fingerprint density at radius 2 is 2.20 bits per heavy atom. The second-order valence-corrected chi connectivity index (χ2v) is 6.06. The van der Waals surface area contributed by atoms with Crippen molar-refractivity contribution >= 4 is 11.6 Å². The van der Waals surface area contributed by atoms with E-state index in [4.69, 9.17) is 5.73 Å². The summed E-state index contributed by atoms with van der Waals surface area (Å²) in [6.07, 6.45) is 3.73. The molecule has 0 aromatic carbocycles. The van der Waals surface area contributed by atoms with Crippen molar-refractivity contribution in [1.82, 2.24) is 20.0 Å². The molecule has 110 valence electrons. The van der Waals surface area contributed by atoms with Crippen LogP contribution in [0.15, 0.2) is 0 Å². The third-order valence-electron chi connectivity index (χ3n) is 4.65. The van der Waals surface area contributed by atoms with Crippen LogP contribution in [0.4, 0.5) is 5.69 Å². The molecular weight excluding hydrogens is 254 g/mol. The Hall–Kier alpha value is -1.56. The van der Waals surface area contributed by atoms with E-state index >= 15 is 0 Å². The molecule has 2 aliphatic rings. The number of nitrogens with two attached hydrogens (primary N) is 1. The Kier molecular flexibility index (Phi) is 3.41. The molecular formula is C14H23N5O. The number of hydrogen-bond donors (Lipinski definition) is 2. The number of anilines is 1. The standard InChI is InChI=1S/C14H23N5O/c1-9-7-18-6-4-3-5-11(18)8-19(9)14(20)13-12(15)10(2)16-17-13/h9,11H,3-8,15H2,1-2H3,(H,16,17). The minimum absolute atomic E-state index is 0.0374. The van der Waals surface area contributed by atoms with Gasteiger partial charge in [-0.3, -0.25) is 14.8 Å². The van der Waals surface area contributed by atoms with E-state index in [0.717, 1.165) is 18.8 Å². The molecule has 3 rings (SSSR count). The average molecular weight is 277 g/mol. The van der Waals surface area contributed by atoms with Gasteiger partial charge in [0, 0.05) is 25.2 Å². The molecule has 1 aromatic rings. The lowest BCUT2D eigenvalue weighted by atomic mass is 9.97. The number of piperidine rings is 1. The van der Waals surface area contributed by atoms with Gasteiger partial charge in [-0.1, -0.05) is 6.42 Å². The largest absolute Gasteiger partial charge is 0.395 e. The van der Waals surface area contributed by atoms with Gasteiger partial charge >= 0.3 is 0 Å². The Labute approximate surface area is 119 Å². The molecule has 3 heterocycles. The highest BCUT2D eigenvalue weighted by Gasteiger charge is 2.36. The number of aromatic amines is 1. The third-order valence-corrected chi connectivity index (χ3v) is 4.65. The monoisotopic (exact) mass is 277 g/mol. The average Bonchev–Trinajstić information content (AvgIpc) is 2.77. The lowest BCUT2D eigenvalue weighted by molar-refractivity contribution is 0.0148. The van der Waals surface area contributed by atoms with E-state index in [2.05, 4.69) is 22.0 Å². The zero-order valence-corrected chi connectivity index (χ0v) is 12.2. The Balaban J connectivity index is 1.79. The highest BCUT2D eigenvalue weighted by Crippen LogP contribution is 2.26. The molecule has 6 nitrogen and oxygen atoms in total. The number of piperazine rings is 1. The van der Waals surface area contributed by atoms with Crippen molar-refractivity contribution in [1.29, 1.82) is 0 Å². The maximum absolute atomic E-state index is 12.7. The molecule has 0 bridgehead atoms. The van der Waals surface area contributed by atoms with Crippen molar-refractivity contribution in [3.8, 4) is 0 Å². The van der Waals surface area contributed by atoms with Crippen LogP contribution in [0.25, 0.3) is 0 Å². The van der Waals surface area contributed by atoms with Crippen molar-refractivity contribution in [3.05, 3.63) is 11.4 Å². The maximum Gasteiger partial charge on any atom is 0.276 e. The van der Waals surface area contributed by atoms with E-state index in [-0.39, 0.29) is 11.9 Å². The van der Waals surface area contributed by atoms with Gasteiger partial charge in [-0.15, -0.1) is 0 Å². The number of carbonyl (C=O) groups is 1. The van der Waals surface area contributed by atoms with Gasteiger partial charge in [0.2, 0.25) is 0 Å². The predicted molar refractivity (Wildman–Crippen MR) is 77.4 cm³/mol. The van der Waals surface area contributed by atoms with E-state index < -0.39 is 0 Å². The van der Waals surface area contributed by atoms with Crippen molar-refractivity contribution in [2.45, 2.75) is 45.2 Å². The van der Waals surface area contributed by atoms with Crippen LogP contribution in [-0.2, 0) is 0 Å². The van der Waals surface area contributed by atoms with Crippen molar-refractivity contribution in [2.75, 3.05) is 25.4 Å². The van der Waals surface area contributed by atoms with Gasteiger partial charge in [0.1, 0.15) is 0 Å². The van der Waals surface area contributed by atoms with E-state index in [1.807, 2.05) is 11.8 Å². The lowest BCUT2D eigenvalue weighted by Gasteiger charge is -2.47. The highest BCUT2D eigenvalue weighted by molar-refractivity contribution is 5.97. The predicted octanol–water partition coefficient (Wildman–Crippen LogP) is 0.999. The minimum Gasteiger partial charge on any atom is -0.395 e. The number of amides is 1. The van der Waals surface area contributed by atoms with Crippen LogP contribution in [0, 0.1) is 6.92 Å². The SMILES string of the molecule is Cc1[nH]nc(C(=O)N2CC3CCCCN3CC2C)c1N. The summed E-state index contributed by atoms with van der Waals surface area (Å²) < 4.78 is 0. The molecule has 2 aliphatic heterocycles. The normalized spacial score (nSPS) is 27.4. The summed E-state index contributed by atoms with van der Waals surface area (Å²) in [4.78, 5) is 17.1. The first-order valence-corrected chi connectivity index (χ1v) is 7.43. The second kappa shape index (κ2) is 5.09. The number of nitrogen functional groups attached to an aromatic ring is 1. The molecule has 2 saturated heterocycles. The van der Waals surface area contributed by atoms with Crippen LogP contribution < -0.4 is 5.73 Å². The fourth-order valence-corrected chi connectivity index (χ4v) is 3.37. The van der Waals surface area contributed by atoms with Crippen LogP contribution in [0.2, 0.25) is 0 Å². The molecule has 2 fully saturated rings. The van der Waals surface area contributed by atoms with Gasteiger partial charge in [0.15, 0.2) is 5.69 Å². The van der Waals surface area contributed by atoms with Crippen molar-refractivity contribution < 1.29 is 4.79 Å². The zero-order chi connectivity index (χ0) is 14.3. The van der Waals surface area contributed by atoms with Gasteiger partial charge < -0.3 is 10.6 Å². The quantitative estimate of drug-likeness (QED) is 0.802. The van der Waals surface area contributed by atoms with Crippen LogP contribution >= 0.6 is 0 Å². The van der Waals surface area contributed by atoms with Gasteiger partial charge in [0.05, 0.1) is 11.4 Å². The highest BCUT2D eigenvalue weighted by atomic mass is 16.2. The van der Waals surface area contributed by atoms with Crippen molar-refractivity contribution in [2.24, 2.45) is 0 Å². The van der Waals surface area contributed by atoms with Crippen LogP contribution in [-0.4, -0.2) is 57.6 Å². The summed E-state index contributed by atoms with van der Waals surface area (Å²) in [6.45, 7) is 6.87. The molecule has 0 spiro atoms. The first kappa shape index (κ1) is 13.4. The number of nitrogens with zero attached hydrogens (tertiary/aromatic N) is 3. The molecule has 20 heavy (non-hydrogen) atoms. The summed E-state index contributed by atoms with van der Waals surface area (Å²) in [5, 5.41) is 6.87. The van der Waals surface area contributed by atoms with E-state index in [0.29, 0.717) is 17.4 Å². The second-order valence-electron chi connectivity index (χ2n) is 6.06. The molecule has 1 amide bonds. The number of carbonyl (C=O) groups excluding carboxylic acids is 1. The smallest absolute Gasteiger partial charge is 0.276 e. The Bertz CT molecular complexity index is 512. The van der Waals surface area contributed by atoms with Crippen LogP contribution in [0.1, 0.15) is 42.4 Å². The fourth-order valence-electron chi connectivity index (χ4n) is 3.37. The first-order valence-electron chi connectivity index (χ1n) is 7.43. The summed E-state index contributed by atoms with van der Waals surface area (Å²) >= 11 is 0. The van der Waals surface area contributed by atoms with Gasteiger partial charge in [-0.2, -0.15) is 5.10 Å². The number of rotatable bonds is 1. The molecule has 6 heteroatoms. The topological polar surface area (TPSA) is 78.2 Å². The number of H-pyrrole nitrogens is 1. The number of aromatic nitrogens is 2. The zero-order valence-electron chi connectivity index (χ0n) is 12.2. The van der Waals surface area contributed by atoms with Crippen LogP contribution in [0.3, 0.4) is 0 Å². The number of fused-ring (bicyclic) bond motifs is 1. The number of aryl methyl sites for hydroxylation is 1. The van der Waals surface area contributed by atoms with Gasteiger partial charge in [0.25, 0.3) is 5.91 Å². The summed E-state index contributed by atoms with van der Waals surface area (Å²) in [6, 6.07) is 0.721. The van der Waals surface area contributed by atoms with Gasteiger partial charge in [-0.05, 0) is 33.2 Å². The number of hydrogen-bond acceptors (Lipinski definition) is 4. The fraction of sp³-hybridized carbons (Fsp3) is 0.714. The maximum atomic E-state index is 12.7. The summed E-state index contributed by atoms with van der Waals surface area (Å²) in [5.74, 6) is -0.0374. The molecule has 0 radical (unpaired) electrons. The molecule has 0 saturated carbocycles. The molecule has 3 N–H and O–H groups in total. The number of nitrogens with one attached hydrogen (secondary N) is 1. The summed E-state index contributed by atoms with van der Waals surface area (Å²) in [7, 11) is 0. The first-order chi connectivity index (χ1) is 9.58. The molecule has 2 unspecified atom stereocenters. The Morgan fingerprint density at radius 1 is 1.40 bits per heavy atom. The third kappa shape index (κ3) is 2.18. The van der Waals surface area contributed by atoms with Crippen LogP contribution in [0.5, 0.6) is 0 Å². The molecule has 0 aliphatic carbocycles. The van der Waals surface area contributed by atoms with Gasteiger partial charge in [-0.25, -0.2) is 0 Å². The van der Waals surface area contributed by atoms with Crippen molar-refractivity contribution in [3.63, 3.8) is 0 Å². The minimum atomic E-state index is -0.0374. The van der Waals surface area contributed by atoms with E-state index in [1.54, 1.807) is 0 Å². The summed E-state index contributed by atoms with van der Waals surface area (Å²) in [5.41, 5.74) is 7.55. The van der Waals surface area contributed by atoms with E-state index in [1.165, 1.54) is 25.8 Å². The lowest BCUT2D eigenvalue weighted by Crippen LogP contribution is -2.60.